The Morgan fingerprint density at radius 1 is 1.16 bits per heavy atom. The molecule has 128 valence electrons. The van der Waals surface area contributed by atoms with Gasteiger partial charge in [0.15, 0.2) is 0 Å². The van der Waals surface area contributed by atoms with Gasteiger partial charge in [0.25, 0.3) is 0 Å². The summed E-state index contributed by atoms with van der Waals surface area (Å²) in [6, 6.07) is 6.27. The summed E-state index contributed by atoms with van der Waals surface area (Å²) in [6.07, 6.45) is 5.17. The molecule has 0 unspecified atom stereocenters. The first-order valence-electron chi connectivity index (χ1n) is 7.46. The molecular weight excluding hydrogens is 328 g/mol. The Bertz CT molecular complexity index is 872. The van der Waals surface area contributed by atoms with E-state index in [-0.39, 0.29) is 6.54 Å². The molecular formula is C17H15F2N5O. The van der Waals surface area contributed by atoms with Crippen LogP contribution in [-0.4, -0.2) is 20.8 Å². The van der Waals surface area contributed by atoms with Crippen LogP contribution in [0.3, 0.4) is 0 Å². The number of benzene rings is 1. The van der Waals surface area contributed by atoms with Gasteiger partial charge in [0.1, 0.15) is 17.3 Å². The van der Waals surface area contributed by atoms with Crippen molar-refractivity contribution in [2.75, 3.05) is 5.32 Å². The number of hydrogen-bond donors (Lipinski definition) is 2. The molecule has 0 fully saturated rings. The summed E-state index contributed by atoms with van der Waals surface area (Å²) in [5.74, 6) is -1.67. The number of carbonyl (C=O) groups excluding carboxylic acids is 1. The maximum Gasteiger partial charge on any atom is 0.319 e. The van der Waals surface area contributed by atoms with Crippen molar-refractivity contribution in [3.63, 3.8) is 0 Å². The molecule has 6 nitrogen and oxygen atoms in total. The van der Waals surface area contributed by atoms with E-state index in [2.05, 4.69) is 20.7 Å². The lowest BCUT2D eigenvalue weighted by atomic mass is 10.2. The lowest BCUT2D eigenvalue weighted by Gasteiger charge is -2.09. The monoisotopic (exact) mass is 343 g/mol. The minimum atomic E-state index is -0.836. The summed E-state index contributed by atoms with van der Waals surface area (Å²) in [6.45, 7) is 0.169. The first-order valence-corrected chi connectivity index (χ1v) is 7.46. The second-order valence-electron chi connectivity index (χ2n) is 5.36. The van der Waals surface area contributed by atoms with Crippen LogP contribution in [0.2, 0.25) is 0 Å². The first kappa shape index (κ1) is 16.6. The quantitative estimate of drug-likeness (QED) is 0.765. The van der Waals surface area contributed by atoms with E-state index in [9.17, 15) is 13.6 Å². The molecule has 2 amide bonds. The van der Waals surface area contributed by atoms with E-state index in [0.29, 0.717) is 0 Å². The van der Waals surface area contributed by atoms with Crippen LogP contribution in [-0.2, 0) is 13.6 Å². The van der Waals surface area contributed by atoms with Crippen molar-refractivity contribution < 1.29 is 13.6 Å². The average molecular weight is 343 g/mol. The third kappa shape index (κ3) is 3.97. The fraction of sp³-hybridized carbons (Fsp3) is 0.118. The summed E-state index contributed by atoms with van der Waals surface area (Å²) >= 11 is 0. The Morgan fingerprint density at radius 2 is 1.92 bits per heavy atom. The van der Waals surface area contributed by atoms with Gasteiger partial charge in [0.05, 0.1) is 11.9 Å². The van der Waals surface area contributed by atoms with Crippen molar-refractivity contribution in [2.45, 2.75) is 6.54 Å². The Morgan fingerprint density at radius 3 is 2.52 bits per heavy atom. The van der Waals surface area contributed by atoms with Gasteiger partial charge < -0.3 is 10.6 Å². The second-order valence-corrected chi connectivity index (χ2v) is 5.36. The van der Waals surface area contributed by atoms with E-state index >= 15 is 0 Å². The highest BCUT2D eigenvalue weighted by Crippen LogP contribution is 2.18. The fourth-order valence-electron chi connectivity index (χ4n) is 2.21. The number of carbonyl (C=O) groups is 1. The number of nitrogens with zero attached hydrogens (tertiary/aromatic N) is 3. The molecule has 0 spiro atoms. The van der Waals surface area contributed by atoms with Crippen LogP contribution < -0.4 is 10.6 Å². The number of halogens is 2. The van der Waals surface area contributed by atoms with Gasteiger partial charge in [0.2, 0.25) is 0 Å². The Hall–Kier alpha value is -3.29. The standard InChI is InChI=1S/C17H15F2N5O/c1-24-10-12(9-22-24)15-6-5-11(7-20-15)8-21-17(25)23-16-13(18)3-2-4-14(16)19/h2-7,9-10H,8H2,1H3,(H2,21,23,25). The summed E-state index contributed by atoms with van der Waals surface area (Å²) in [4.78, 5) is 16.1. The molecule has 3 aromatic rings. The smallest absolute Gasteiger partial charge is 0.319 e. The largest absolute Gasteiger partial charge is 0.334 e. The molecule has 0 saturated heterocycles. The van der Waals surface area contributed by atoms with Crippen molar-refractivity contribution >= 4 is 11.7 Å². The minimum absolute atomic E-state index is 0.169. The molecule has 0 aliphatic carbocycles. The van der Waals surface area contributed by atoms with Crippen molar-refractivity contribution in [1.82, 2.24) is 20.1 Å². The Balaban J connectivity index is 1.59. The zero-order valence-corrected chi connectivity index (χ0v) is 13.3. The zero-order chi connectivity index (χ0) is 17.8. The molecule has 0 radical (unpaired) electrons. The van der Waals surface area contributed by atoms with Gasteiger partial charge >= 0.3 is 6.03 Å². The zero-order valence-electron chi connectivity index (χ0n) is 13.3. The highest BCUT2D eigenvalue weighted by Gasteiger charge is 2.11. The SMILES string of the molecule is Cn1cc(-c2ccc(CNC(=O)Nc3c(F)cccc3F)cn2)cn1. The normalized spacial score (nSPS) is 10.5. The molecule has 0 bridgehead atoms. The van der Waals surface area contributed by atoms with Crippen LogP contribution in [0, 0.1) is 11.6 Å². The van der Waals surface area contributed by atoms with Gasteiger partial charge in [0, 0.05) is 31.5 Å². The number of rotatable bonds is 4. The summed E-state index contributed by atoms with van der Waals surface area (Å²) in [7, 11) is 1.82. The van der Waals surface area contributed by atoms with E-state index in [4.69, 9.17) is 0 Å². The predicted molar refractivity (Wildman–Crippen MR) is 88.7 cm³/mol. The predicted octanol–water partition coefficient (Wildman–Crippen LogP) is 3.08. The van der Waals surface area contributed by atoms with E-state index in [1.54, 1.807) is 23.1 Å². The number of pyridine rings is 1. The number of hydrogen-bond acceptors (Lipinski definition) is 3. The highest BCUT2D eigenvalue weighted by atomic mass is 19.1. The number of amides is 2. The Labute approximate surface area is 142 Å². The van der Waals surface area contributed by atoms with Crippen molar-refractivity contribution in [2.24, 2.45) is 7.05 Å². The summed E-state index contributed by atoms with van der Waals surface area (Å²) in [5, 5.41) is 8.76. The molecule has 2 N–H and O–H groups in total. The fourth-order valence-corrected chi connectivity index (χ4v) is 2.21. The van der Waals surface area contributed by atoms with E-state index in [1.807, 2.05) is 19.3 Å². The molecule has 0 aliphatic heterocycles. The molecule has 0 atom stereocenters. The first-order chi connectivity index (χ1) is 12.0. The van der Waals surface area contributed by atoms with E-state index in [0.717, 1.165) is 29.0 Å². The van der Waals surface area contributed by atoms with E-state index < -0.39 is 23.4 Å². The van der Waals surface area contributed by atoms with Crippen LogP contribution in [0.25, 0.3) is 11.3 Å². The maximum absolute atomic E-state index is 13.5. The molecule has 25 heavy (non-hydrogen) atoms. The molecule has 3 rings (SSSR count). The number of anilines is 1. The van der Waals surface area contributed by atoms with Crippen molar-refractivity contribution in [1.29, 1.82) is 0 Å². The molecule has 2 heterocycles. The maximum atomic E-state index is 13.5. The van der Waals surface area contributed by atoms with Gasteiger partial charge in [-0.05, 0) is 23.8 Å². The van der Waals surface area contributed by atoms with E-state index in [1.165, 1.54) is 6.07 Å². The number of urea groups is 1. The van der Waals surface area contributed by atoms with Crippen LogP contribution in [0.15, 0.2) is 48.9 Å². The third-order valence-corrected chi connectivity index (χ3v) is 3.48. The summed E-state index contributed by atoms with van der Waals surface area (Å²) < 4.78 is 28.6. The van der Waals surface area contributed by atoms with Crippen LogP contribution in [0.1, 0.15) is 5.56 Å². The third-order valence-electron chi connectivity index (χ3n) is 3.48. The number of nitrogens with one attached hydrogen (secondary N) is 2. The van der Waals surface area contributed by atoms with Gasteiger partial charge in [-0.3, -0.25) is 9.67 Å². The summed E-state index contributed by atoms with van der Waals surface area (Å²) in [5.41, 5.74) is 1.91. The molecule has 8 heteroatoms. The van der Waals surface area contributed by atoms with Gasteiger partial charge in [-0.1, -0.05) is 12.1 Å². The lowest BCUT2D eigenvalue weighted by Crippen LogP contribution is -2.29. The molecule has 2 aromatic heterocycles. The second kappa shape index (κ2) is 7.08. The highest BCUT2D eigenvalue weighted by molar-refractivity contribution is 5.89. The average Bonchev–Trinajstić information content (AvgIpc) is 3.03. The van der Waals surface area contributed by atoms with Crippen molar-refractivity contribution in [3.05, 3.63) is 66.1 Å². The minimum Gasteiger partial charge on any atom is -0.334 e. The van der Waals surface area contributed by atoms with Gasteiger partial charge in [-0.15, -0.1) is 0 Å². The van der Waals surface area contributed by atoms with Crippen LogP contribution in [0.4, 0.5) is 19.3 Å². The number of aromatic nitrogens is 3. The topological polar surface area (TPSA) is 71.8 Å². The molecule has 0 aliphatic rings. The lowest BCUT2D eigenvalue weighted by molar-refractivity contribution is 0.251. The Kier molecular flexibility index (Phi) is 4.69. The van der Waals surface area contributed by atoms with Crippen LogP contribution >= 0.6 is 0 Å². The molecule has 1 aromatic carbocycles. The van der Waals surface area contributed by atoms with Crippen LogP contribution in [0.5, 0.6) is 0 Å². The van der Waals surface area contributed by atoms with Gasteiger partial charge in [-0.2, -0.15) is 5.10 Å². The molecule has 0 saturated carbocycles. The number of aryl methyl sites for hydroxylation is 1. The number of para-hydroxylation sites is 1. The van der Waals surface area contributed by atoms with Crippen molar-refractivity contribution in [3.8, 4) is 11.3 Å². The van der Waals surface area contributed by atoms with Gasteiger partial charge in [-0.25, -0.2) is 13.6 Å².